The fraction of sp³-hybridized carbons (Fsp3) is 0.560. The molecule has 0 atom stereocenters. The summed E-state index contributed by atoms with van der Waals surface area (Å²) in [5.41, 5.74) is 2.58. The molecule has 2 aromatic rings. The topological polar surface area (TPSA) is 67.2 Å². The summed E-state index contributed by atoms with van der Waals surface area (Å²) in [6, 6.07) is 7.61. The van der Waals surface area contributed by atoms with Gasteiger partial charge in [0.25, 0.3) is 5.91 Å². The summed E-state index contributed by atoms with van der Waals surface area (Å²) in [6.45, 7) is 1.05. The Morgan fingerprint density at radius 3 is 2.23 bits per heavy atom. The predicted octanol–water partition coefficient (Wildman–Crippen LogP) is 3.52. The average molecular weight is 421 g/mol. The molecule has 2 amide bonds. The molecule has 1 aromatic carbocycles. The van der Waals surface area contributed by atoms with Crippen molar-refractivity contribution in [2.75, 3.05) is 7.05 Å². The van der Waals surface area contributed by atoms with Crippen LogP contribution in [0.1, 0.15) is 60.0 Å². The Morgan fingerprint density at radius 2 is 1.68 bits per heavy atom. The SMILES string of the molecule is CN(Cc1cnn(C)c1)C(=O)c1ccc(CNC(=O)C23CC4CC(CC(C4)C2)C3)cc1. The first-order valence-electron chi connectivity index (χ1n) is 11.5. The zero-order valence-electron chi connectivity index (χ0n) is 18.5. The number of carbonyl (C=O) groups excluding carboxylic acids is 2. The molecular weight excluding hydrogens is 388 g/mol. The maximum absolute atomic E-state index is 13.1. The molecule has 1 heterocycles. The van der Waals surface area contributed by atoms with E-state index in [1.165, 1.54) is 19.3 Å². The van der Waals surface area contributed by atoms with Crippen LogP contribution in [0, 0.1) is 23.2 Å². The minimum absolute atomic E-state index is 0.0204. The molecule has 4 saturated carbocycles. The number of benzene rings is 1. The lowest BCUT2D eigenvalue weighted by atomic mass is 9.49. The number of rotatable bonds is 6. The van der Waals surface area contributed by atoms with Gasteiger partial charge in [-0.1, -0.05) is 12.1 Å². The first-order chi connectivity index (χ1) is 14.9. The number of hydrogen-bond donors (Lipinski definition) is 1. The Bertz CT molecular complexity index is 942. The van der Waals surface area contributed by atoms with E-state index in [9.17, 15) is 9.59 Å². The number of nitrogens with zero attached hydrogens (tertiary/aromatic N) is 3. The number of amides is 2. The molecule has 6 rings (SSSR count). The molecule has 4 fully saturated rings. The number of carbonyl (C=O) groups is 2. The van der Waals surface area contributed by atoms with Gasteiger partial charge in [0.05, 0.1) is 6.20 Å². The highest BCUT2D eigenvalue weighted by Gasteiger charge is 2.54. The quantitative estimate of drug-likeness (QED) is 0.777. The first kappa shape index (κ1) is 20.3. The highest BCUT2D eigenvalue weighted by Crippen LogP contribution is 2.60. The Hall–Kier alpha value is -2.63. The summed E-state index contributed by atoms with van der Waals surface area (Å²) in [5.74, 6) is 2.54. The molecule has 0 spiro atoms. The van der Waals surface area contributed by atoms with Gasteiger partial charge >= 0.3 is 0 Å². The molecule has 0 unspecified atom stereocenters. The van der Waals surface area contributed by atoms with E-state index in [1.54, 1.807) is 22.8 Å². The van der Waals surface area contributed by atoms with Gasteiger partial charge in [0.2, 0.25) is 5.91 Å². The van der Waals surface area contributed by atoms with Crippen LogP contribution in [0.2, 0.25) is 0 Å². The number of aromatic nitrogens is 2. The van der Waals surface area contributed by atoms with Crippen LogP contribution in [-0.2, 0) is 24.9 Å². The predicted molar refractivity (Wildman–Crippen MR) is 118 cm³/mol. The Morgan fingerprint density at radius 1 is 1.06 bits per heavy atom. The van der Waals surface area contributed by atoms with Crippen molar-refractivity contribution < 1.29 is 9.59 Å². The van der Waals surface area contributed by atoms with Crippen molar-refractivity contribution in [3.05, 3.63) is 53.3 Å². The summed E-state index contributed by atoms with van der Waals surface area (Å²) < 4.78 is 1.74. The van der Waals surface area contributed by atoms with Gasteiger partial charge in [-0.05, 0) is 74.0 Å². The maximum atomic E-state index is 13.1. The Balaban J connectivity index is 1.17. The number of hydrogen-bond acceptors (Lipinski definition) is 3. The highest BCUT2D eigenvalue weighted by atomic mass is 16.2. The second kappa shape index (κ2) is 7.81. The lowest BCUT2D eigenvalue weighted by Gasteiger charge is -2.55. The molecule has 0 radical (unpaired) electrons. The number of nitrogens with one attached hydrogen (secondary N) is 1. The normalized spacial score (nSPS) is 28.5. The van der Waals surface area contributed by atoms with E-state index in [0.29, 0.717) is 18.7 Å². The summed E-state index contributed by atoms with van der Waals surface area (Å²) in [7, 11) is 3.67. The summed E-state index contributed by atoms with van der Waals surface area (Å²) in [5, 5.41) is 7.37. The maximum Gasteiger partial charge on any atom is 0.253 e. The second-order valence-electron chi connectivity index (χ2n) is 10.3. The smallest absolute Gasteiger partial charge is 0.253 e. The van der Waals surface area contributed by atoms with Crippen molar-refractivity contribution >= 4 is 11.8 Å². The standard InChI is InChI=1S/C25H32N4O2/c1-28(15-21-14-27-29(2)16-21)23(30)22-5-3-17(4-6-22)13-26-24(31)25-10-18-7-19(11-25)9-20(8-18)12-25/h3-6,14,16,18-20H,7-13,15H2,1-2H3,(H,26,31). The zero-order chi connectivity index (χ0) is 21.6. The third-order valence-electron chi connectivity index (χ3n) is 7.70. The molecule has 4 aliphatic carbocycles. The van der Waals surface area contributed by atoms with Crippen LogP contribution < -0.4 is 5.32 Å². The third-order valence-corrected chi connectivity index (χ3v) is 7.70. The van der Waals surface area contributed by atoms with E-state index in [-0.39, 0.29) is 17.2 Å². The molecule has 0 aliphatic heterocycles. The molecule has 6 heteroatoms. The average Bonchev–Trinajstić information content (AvgIpc) is 3.15. The van der Waals surface area contributed by atoms with Gasteiger partial charge in [-0.25, -0.2) is 0 Å². The molecule has 1 N–H and O–H groups in total. The van der Waals surface area contributed by atoms with Crippen LogP contribution in [0.15, 0.2) is 36.7 Å². The minimum atomic E-state index is -0.111. The minimum Gasteiger partial charge on any atom is -0.352 e. The molecule has 31 heavy (non-hydrogen) atoms. The molecule has 1 aromatic heterocycles. The highest BCUT2D eigenvalue weighted by molar-refractivity contribution is 5.94. The van der Waals surface area contributed by atoms with E-state index >= 15 is 0 Å². The van der Waals surface area contributed by atoms with Gasteiger partial charge in [0.15, 0.2) is 0 Å². The van der Waals surface area contributed by atoms with Crippen molar-refractivity contribution in [1.82, 2.24) is 20.0 Å². The van der Waals surface area contributed by atoms with Gasteiger partial charge in [-0.2, -0.15) is 5.10 Å². The van der Waals surface area contributed by atoms with Crippen molar-refractivity contribution in [2.24, 2.45) is 30.2 Å². The molecule has 0 saturated heterocycles. The molecule has 4 bridgehead atoms. The van der Waals surface area contributed by atoms with Crippen LogP contribution in [0.25, 0.3) is 0 Å². The van der Waals surface area contributed by atoms with Crippen LogP contribution in [0.3, 0.4) is 0 Å². The zero-order valence-corrected chi connectivity index (χ0v) is 18.5. The number of aryl methyl sites for hydroxylation is 1. The van der Waals surface area contributed by atoms with E-state index in [4.69, 9.17) is 0 Å². The van der Waals surface area contributed by atoms with Crippen molar-refractivity contribution in [3.8, 4) is 0 Å². The van der Waals surface area contributed by atoms with Crippen molar-refractivity contribution in [3.63, 3.8) is 0 Å². The van der Waals surface area contributed by atoms with Crippen LogP contribution in [0.5, 0.6) is 0 Å². The van der Waals surface area contributed by atoms with E-state index < -0.39 is 0 Å². The van der Waals surface area contributed by atoms with Crippen molar-refractivity contribution in [1.29, 1.82) is 0 Å². The van der Waals surface area contributed by atoms with Gasteiger partial charge in [0, 0.05) is 49.9 Å². The van der Waals surface area contributed by atoms with E-state index in [1.807, 2.05) is 37.5 Å². The fourth-order valence-electron chi connectivity index (χ4n) is 6.64. The Labute approximate surface area is 184 Å². The molecular formula is C25H32N4O2. The van der Waals surface area contributed by atoms with Gasteiger partial charge < -0.3 is 10.2 Å². The van der Waals surface area contributed by atoms with Gasteiger partial charge in [-0.3, -0.25) is 14.3 Å². The first-order valence-corrected chi connectivity index (χ1v) is 11.5. The molecule has 164 valence electrons. The molecule has 6 nitrogen and oxygen atoms in total. The largest absolute Gasteiger partial charge is 0.352 e. The van der Waals surface area contributed by atoms with E-state index in [2.05, 4.69) is 10.4 Å². The van der Waals surface area contributed by atoms with Crippen LogP contribution in [-0.4, -0.2) is 33.5 Å². The van der Waals surface area contributed by atoms with Crippen LogP contribution >= 0.6 is 0 Å². The van der Waals surface area contributed by atoms with E-state index in [0.717, 1.165) is 48.1 Å². The van der Waals surface area contributed by atoms with Gasteiger partial charge in [-0.15, -0.1) is 0 Å². The second-order valence-corrected chi connectivity index (χ2v) is 10.3. The summed E-state index contributed by atoms with van der Waals surface area (Å²) in [6.07, 6.45) is 11.0. The third kappa shape index (κ3) is 4.00. The molecule has 4 aliphatic rings. The monoisotopic (exact) mass is 420 g/mol. The van der Waals surface area contributed by atoms with Crippen molar-refractivity contribution in [2.45, 2.75) is 51.6 Å². The fourth-order valence-corrected chi connectivity index (χ4v) is 6.64. The summed E-state index contributed by atoms with van der Waals surface area (Å²) >= 11 is 0. The van der Waals surface area contributed by atoms with Crippen LogP contribution in [0.4, 0.5) is 0 Å². The van der Waals surface area contributed by atoms with Gasteiger partial charge in [0.1, 0.15) is 0 Å². The lowest BCUT2D eigenvalue weighted by Crippen LogP contribution is -2.53. The lowest BCUT2D eigenvalue weighted by molar-refractivity contribution is -0.146. The Kier molecular flexibility index (Phi) is 5.11. The summed E-state index contributed by atoms with van der Waals surface area (Å²) in [4.78, 5) is 27.5.